The van der Waals surface area contributed by atoms with Crippen LogP contribution in [-0.4, -0.2) is 45.8 Å². The summed E-state index contributed by atoms with van der Waals surface area (Å²) in [5.41, 5.74) is 3.01. The monoisotopic (exact) mass is 306 g/mol. The van der Waals surface area contributed by atoms with Gasteiger partial charge in [-0.25, -0.2) is 0 Å². The second-order valence-electron chi connectivity index (χ2n) is 6.44. The molecule has 0 spiro atoms. The molecule has 4 heteroatoms. The summed E-state index contributed by atoms with van der Waals surface area (Å²) in [5.74, 6) is 1.75. The Kier molecular flexibility index (Phi) is 5.09. The van der Waals surface area contributed by atoms with Gasteiger partial charge in [-0.15, -0.1) is 0 Å². The molecule has 0 bridgehead atoms. The summed E-state index contributed by atoms with van der Waals surface area (Å²) in [6.45, 7) is 5.63. The van der Waals surface area contributed by atoms with Crippen LogP contribution in [-0.2, 0) is 23.8 Å². The maximum absolute atomic E-state index is 11.4. The highest BCUT2D eigenvalue weighted by molar-refractivity contribution is 7.85. The first-order valence-electron chi connectivity index (χ1n) is 8.11. The highest BCUT2D eigenvalue weighted by Crippen LogP contribution is 2.18. The van der Waals surface area contributed by atoms with E-state index in [0.717, 1.165) is 44.0 Å². The van der Waals surface area contributed by atoms with Crippen LogP contribution in [0, 0.1) is 0 Å². The van der Waals surface area contributed by atoms with E-state index in [2.05, 4.69) is 41.4 Å². The van der Waals surface area contributed by atoms with Crippen LogP contribution in [0.4, 0.5) is 0 Å². The van der Waals surface area contributed by atoms with Crippen molar-refractivity contribution in [2.75, 3.05) is 24.6 Å². The fraction of sp³-hybridized carbons (Fsp3) is 0.647. The lowest BCUT2D eigenvalue weighted by Crippen LogP contribution is -2.47. The molecule has 0 unspecified atom stereocenters. The average molecular weight is 306 g/mol. The molecule has 1 aromatic rings. The maximum Gasteiger partial charge on any atom is 0.0249 e. The van der Waals surface area contributed by atoms with Gasteiger partial charge in [0, 0.05) is 54.0 Å². The first-order valence-corrected chi connectivity index (χ1v) is 9.59. The van der Waals surface area contributed by atoms with E-state index in [1.807, 2.05) is 0 Å². The van der Waals surface area contributed by atoms with E-state index in [0.29, 0.717) is 12.1 Å². The van der Waals surface area contributed by atoms with Gasteiger partial charge in [-0.3, -0.25) is 9.11 Å². The smallest absolute Gasteiger partial charge is 0.0249 e. The fourth-order valence-corrected chi connectivity index (χ4v) is 4.81. The average Bonchev–Trinajstić information content (AvgIpc) is 2.49. The van der Waals surface area contributed by atoms with E-state index in [-0.39, 0.29) is 0 Å². The summed E-state index contributed by atoms with van der Waals surface area (Å²) in [5, 5.41) is 3.73. The zero-order valence-corrected chi connectivity index (χ0v) is 13.7. The Morgan fingerprint density at radius 2 is 2.00 bits per heavy atom. The van der Waals surface area contributed by atoms with Gasteiger partial charge in [0.2, 0.25) is 0 Å². The molecule has 116 valence electrons. The van der Waals surface area contributed by atoms with Gasteiger partial charge >= 0.3 is 0 Å². The molecule has 1 atom stereocenters. The Labute approximate surface area is 130 Å². The third kappa shape index (κ3) is 4.15. The minimum Gasteiger partial charge on any atom is -0.310 e. The Balaban J connectivity index is 1.47. The topological polar surface area (TPSA) is 32.3 Å². The zero-order valence-electron chi connectivity index (χ0n) is 12.9. The molecule has 3 rings (SSSR count). The van der Waals surface area contributed by atoms with E-state index in [1.165, 1.54) is 17.5 Å². The molecule has 1 saturated heterocycles. The molecule has 2 heterocycles. The highest BCUT2D eigenvalue weighted by Gasteiger charge is 2.21. The normalized spacial score (nSPS) is 28.0. The van der Waals surface area contributed by atoms with Crippen molar-refractivity contribution >= 4 is 10.8 Å². The molecular weight excluding hydrogens is 280 g/mol. The number of rotatable bonds is 4. The molecule has 0 aliphatic carbocycles. The lowest BCUT2D eigenvalue weighted by atomic mass is 9.99. The lowest BCUT2D eigenvalue weighted by molar-refractivity contribution is 0.221. The van der Waals surface area contributed by atoms with Crippen LogP contribution in [0.3, 0.4) is 0 Å². The molecule has 3 nitrogen and oxygen atoms in total. The molecule has 1 N–H and O–H groups in total. The Morgan fingerprint density at radius 3 is 2.76 bits per heavy atom. The van der Waals surface area contributed by atoms with Crippen LogP contribution in [0.2, 0.25) is 0 Å². The molecule has 21 heavy (non-hydrogen) atoms. The van der Waals surface area contributed by atoms with Crippen LogP contribution in [0.15, 0.2) is 24.3 Å². The van der Waals surface area contributed by atoms with Crippen LogP contribution < -0.4 is 5.32 Å². The molecule has 2 aliphatic rings. The number of nitrogens with zero attached hydrogens (tertiary/aromatic N) is 1. The van der Waals surface area contributed by atoms with Crippen molar-refractivity contribution in [3.8, 4) is 0 Å². The van der Waals surface area contributed by atoms with Crippen molar-refractivity contribution in [2.24, 2.45) is 0 Å². The largest absolute Gasteiger partial charge is 0.310 e. The van der Waals surface area contributed by atoms with Crippen molar-refractivity contribution in [2.45, 2.75) is 44.8 Å². The molecule has 1 aromatic carbocycles. The fourth-order valence-electron chi connectivity index (χ4n) is 3.51. The highest BCUT2D eigenvalue weighted by atomic mass is 32.2. The molecular formula is C17H26N2OS. The minimum absolute atomic E-state index is 0.506. The van der Waals surface area contributed by atoms with Crippen LogP contribution in [0.5, 0.6) is 0 Å². The molecule has 0 amide bonds. The van der Waals surface area contributed by atoms with E-state index >= 15 is 0 Å². The first kappa shape index (κ1) is 15.2. The van der Waals surface area contributed by atoms with Crippen molar-refractivity contribution in [1.82, 2.24) is 10.2 Å². The van der Waals surface area contributed by atoms with Gasteiger partial charge in [-0.1, -0.05) is 24.3 Å². The number of hydrogen-bond donors (Lipinski definition) is 1. The Hall–Kier alpha value is -0.710. The van der Waals surface area contributed by atoms with Gasteiger partial charge in [-0.05, 0) is 37.3 Å². The number of benzene rings is 1. The van der Waals surface area contributed by atoms with Crippen molar-refractivity contribution < 1.29 is 4.21 Å². The van der Waals surface area contributed by atoms with Gasteiger partial charge in [0.15, 0.2) is 0 Å². The minimum atomic E-state index is -0.557. The third-order valence-corrected chi connectivity index (χ3v) is 6.03. The van der Waals surface area contributed by atoms with Crippen molar-refractivity contribution in [3.63, 3.8) is 0 Å². The summed E-state index contributed by atoms with van der Waals surface area (Å²) in [6.07, 6.45) is 3.31. The lowest BCUT2D eigenvalue weighted by Gasteiger charge is -2.33. The standard InChI is InChI=1S/C17H26N2OS/c1-14(18-17-7-10-21(20)11-8-17)12-19-9-6-15-4-2-3-5-16(15)13-19/h2-5,14,17-18H,6-13H2,1H3/t14-,17?,21?/m1/s1. The predicted molar refractivity (Wildman–Crippen MR) is 88.9 cm³/mol. The number of nitrogens with one attached hydrogen (secondary N) is 1. The first-order chi connectivity index (χ1) is 10.2. The second kappa shape index (κ2) is 7.03. The summed E-state index contributed by atoms with van der Waals surface area (Å²) >= 11 is 0. The van der Waals surface area contributed by atoms with Crippen LogP contribution in [0.1, 0.15) is 30.9 Å². The quantitative estimate of drug-likeness (QED) is 0.922. The van der Waals surface area contributed by atoms with E-state index in [9.17, 15) is 4.21 Å². The SMILES string of the molecule is C[C@H](CN1CCc2ccccc2C1)NC1CCS(=O)CC1. The Bertz CT molecular complexity index is 495. The van der Waals surface area contributed by atoms with Crippen LogP contribution >= 0.6 is 0 Å². The molecule has 0 radical (unpaired) electrons. The van der Waals surface area contributed by atoms with Gasteiger partial charge in [0.1, 0.15) is 0 Å². The van der Waals surface area contributed by atoms with E-state index in [1.54, 1.807) is 0 Å². The van der Waals surface area contributed by atoms with Gasteiger partial charge in [0.25, 0.3) is 0 Å². The zero-order chi connectivity index (χ0) is 14.7. The summed E-state index contributed by atoms with van der Waals surface area (Å²) in [4.78, 5) is 2.56. The van der Waals surface area contributed by atoms with Crippen LogP contribution in [0.25, 0.3) is 0 Å². The second-order valence-corrected chi connectivity index (χ2v) is 8.14. The molecule has 1 fully saturated rings. The number of fused-ring (bicyclic) bond motifs is 1. The van der Waals surface area contributed by atoms with E-state index in [4.69, 9.17) is 0 Å². The van der Waals surface area contributed by atoms with Crippen molar-refractivity contribution in [3.05, 3.63) is 35.4 Å². The summed E-state index contributed by atoms with van der Waals surface area (Å²) in [6, 6.07) is 9.88. The third-order valence-electron chi connectivity index (χ3n) is 4.65. The molecule has 2 aliphatic heterocycles. The maximum atomic E-state index is 11.4. The Morgan fingerprint density at radius 1 is 1.29 bits per heavy atom. The molecule has 0 saturated carbocycles. The summed E-state index contributed by atoms with van der Waals surface area (Å²) < 4.78 is 11.4. The predicted octanol–water partition coefficient (Wildman–Crippen LogP) is 1.93. The molecule has 0 aromatic heterocycles. The summed E-state index contributed by atoms with van der Waals surface area (Å²) in [7, 11) is -0.557. The van der Waals surface area contributed by atoms with Gasteiger partial charge in [-0.2, -0.15) is 0 Å². The van der Waals surface area contributed by atoms with Crippen molar-refractivity contribution in [1.29, 1.82) is 0 Å². The number of hydrogen-bond acceptors (Lipinski definition) is 3. The van der Waals surface area contributed by atoms with E-state index < -0.39 is 10.8 Å². The van der Waals surface area contributed by atoms with Gasteiger partial charge < -0.3 is 5.32 Å². The van der Waals surface area contributed by atoms with Gasteiger partial charge in [0.05, 0.1) is 0 Å².